The van der Waals surface area contributed by atoms with Gasteiger partial charge in [-0.05, 0) is 29.9 Å². The Balaban J connectivity index is 1.89. The molecule has 1 unspecified atom stereocenters. The van der Waals surface area contributed by atoms with Crippen molar-refractivity contribution in [3.8, 4) is 0 Å². The second kappa shape index (κ2) is 4.02. The Morgan fingerprint density at radius 2 is 1.88 bits per heavy atom. The van der Waals surface area contributed by atoms with Crippen LogP contribution < -0.4 is 0 Å². The van der Waals surface area contributed by atoms with Crippen molar-refractivity contribution < 1.29 is 9.53 Å². The molecule has 1 aliphatic heterocycles. The van der Waals surface area contributed by atoms with Gasteiger partial charge in [0.25, 0.3) is 0 Å². The van der Waals surface area contributed by atoms with Crippen LogP contribution in [0.4, 0.5) is 0 Å². The quantitative estimate of drug-likeness (QED) is 0.759. The van der Waals surface area contributed by atoms with Crippen LogP contribution in [-0.4, -0.2) is 12.4 Å². The van der Waals surface area contributed by atoms with Gasteiger partial charge in [-0.15, -0.1) is 0 Å². The summed E-state index contributed by atoms with van der Waals surface area (Å²) in [4.78, 5) is 11.5. The minimum Gasteiger partial charge on any atom is -0.373 e. The van der Waals surface area contributed by atoms with E-state index in [4.69, 9.17) is 4.74 Å². The summed E-state index contributed by atoms with van der Waals surface area (Å²) in [5.41, 5.74) is 2.65. The smallest absolute Gasteiger partial charge is 0.138 e. The van der Waals surface area contributed by atoms with Crippen LogP contribution in [0.1, 0.15) is 48.8 Å². The largest absolute Gasteiger partial charge is 0.373 e. The molecule has 2 fully saturated rings. The van der Waals surface area contributed by atoms with Gasteiger partial charge in [-0.3, -0.25) is 4.79 Å². The summed E-state index contributed by atoms with van der Waals surface area (Å²) in [7, 11) is 0. The van der Waals surface area contributed by atoms with Gasteiger partial charge >= 0.3 is 0 Å². The Morgan fingerprint density at radius 3 is 2.56 bits per heavy atom. The first-order valence-corrected chi connectivity index (χ1v) is 6.07. The average molecular weight is 216 g/mol. The fraction of sp³-hybridized carbons (Fsp3) is 0.500. The molecule has 1 aliphatic carbocycles. The summed E-state index contributed by atoms with van der Waals surface area (Å²) in [6, 6.07) is 8.44. The fourth-order valence-corrected chi connectivity index (χ4v) is 2.45. The molecule has 1 atom stereocenters. The molecular weight excluding hydrogens is 200 g/mol. The summed E-state index contributed by atoms with van der Waals surface area (Å²) in [6.45, 7) is 0.586. The van der Waals surface area contributed by atoms with E-state index in [1.54, 1.807) is 0 Å². The van der Waals surface area contributed by atoms with E-state index < -0.39 is 0 Å². The number of carbonyl (C=O) groups excluding carboxylic acids is 1. The minimum absolute atomic E-state index is 0.0121. The number of carbonyl (C=O) groups is 1. The first kappa shape index (κ1) is 10.0. The van der Waals surface area contributed by atoms with Crippen LogP contribution >= 0.6 is 0 Å². The van der Waals surface area contributed by atoms with Gasteiger partial charge in [-0.25, -0.2) is 0 Å². The normalized spacial score (nSPS) is 25.8. The number of ketones is 1. The molecule has 1 saturated heterocycles. The number of Topliss-reactive ketones (excluding diaryl/α,β-unsaturated/α-hetero) is 1. The van der Waals surface area contributed by atoms with E-state index in [9.17, 15) is 4.79 Å². The topological polar surface area (TPSA) is 26.3 Å². The zero-order chi connectivity index (χ0) is 11.0. The zero-order valence-electron chi connectivity index (χ0n) is 9.32. The Bertz CT molecular complexity index is 407. The highest BCUT2D eigenvalue weighted by molar-refractivity contribution is 5.79. The Morgan fingerprint density at radius 1 is 1.12 bits per heavy atom. The molecule has 0 radical (unpaired) electrons. The second-order valence-electron chi connectivity index (χ2n) is 4.76. The summed E-state index contributed by atoms with van der Waals surface area (Å²) >= 11 is 0. The van der Waals surface area contributed by atoms with Crippen LogP contribution in [0, 0.1) is 0 Å². The van der Waals surface area contributed by atoms with Crippen molar-refractivity contribution >= 4 is 5.78 Å². The van der Waals surface area contributed by atoms with Crippen LogP contribution in [-0.2, 0) is 9.53 Å². The maximum atomic E-state index is 11.5. The first-order valence-electron chi connectivity index (χ1n) is 6.07. The van der Waals surface area contributed by atoms with E-state index in [0.717, 1.165) is 5.92 Å². The molecule has 3 rings (SSSR count). The Labute approximate surface area is 95.6 Å². The SMILES string of the molecule is O=C1CCOC(c2ccccc2C2CC2)C1. The number of rotatable bonds is 2. The zero-order valence-corrected chi connectivity index (χ0v) is 9.32. The van der Waals surface area contributed by atoms with Crippen molar-refractivity contribution in [3.05, 3.63) is 35.4 Å². The molecular formula is C14H16O2. The molecule has 0 N–H and O–H groups in total. The number of ether oxygens (including phenoxy) is 1. The van der Waals surface area contributed by atoms with Gasteiger partial charge in [-0.1, -0.05) is 24.3 Å². The van der Waals surface area contributed by atoms with Gasteiger partial charge < -0.3 is 4.74 Å². The summed E-state index contributed by atoms with van der Waals surface area (Å²) in [5, 5.41) is 0. The molecule has 2 aliphatic rings. The van der Waals surface area contributed by atoms with Crippen LogP contribution in [0.3, 0.4) is 0 Å². The first-order chi connectivity index (χ1) is 7.84. The Hall–Kier alpha value is -1.15. The van der Waals surface area contributed by atoms with E-state index in [1.165, 1.54) is 24.0 Å². The monoisotopic (exact) mass is 216 g/mol. The molecule has 0 aromatic heterocycles. The van der Waals surface area contributed by atoms with Gasteiger partial charge in [0, 0.05) is 12.8 Å². The predicted molar refractivity (Wildman–Crippen MR) is 61.4 cm³/mol. The van der Waals surface area contributed by atoms with Crippen molar-refractivity contribution in [1.82, 2.24) is 0 Å². The molecule has 1 saturated carbocycles. The summed E-state index contributed by atoms with van der Waals surface area (Å²) in [5.74, 6) is 1.05. The maximum absolute atomic E-state index is 11.5. The third kappa shape index (κ3) is 1.90. The Kier molecular flexibility index (Phi) is 2.52. The standard InChI is InChI=1S/C14H16O2/c15-11-7-8-16-14(9-11)13-4-2-1-3-12(13)10-5-6-10/h1-4,10,14H,5-9H2. The summed E-state index contributed by atoms with van der Waals surface area (Å²) < 4.78 is 5.73. The number of hydrogen-bond acceptors (Lipinski definition) is 2. The third-order valence-electron chi connectivity index (χ3n) is 3.47. The highest BCUT2D eigenvalue weighted by atomic mass is 16.5. The van der Waals surface area contributed by atoms with Crippen LogP contribution in [0.15, 0.2) is 24.3 Å². The lowest BCUT2D eigenvalue weighted by Crippen LogP contribution is -2.20. The minimum atomic E-state index is 0.0121. The van der Waals surface area contributed by atoms with Crippen molar-refractivity contribution in [2.45, 2.75) is 37.7 Å². The van der Waals surface area contributed by atoms with Gasteiger partial charge in [-0.2, -0.15) is 0 Å². The lowest BCUT2D eigenvalue weighted by Gasteiger charge is -2.24. The molecule has 0 spiro atoms. The second-order valence-corrected chi connectivity index (χ2v) is 4.76. The third-order valence-corrected chi connectivity index (χ3v) is 3.47. The van der Waals surface area contributed by atoms with Gasteiger partial charge in [0.15, 0.2) is 0 Å². The molecule has 1 aromatic carbocycles. The predicted octanol–water partition coefficient (Wildman–Crippen LogP) is 2.98. The van der Waals surface area contributed by atoms with Gasteiger partial charge in [0.1, 0.15) is 5.78 Å². The van der Waals surface area contributed by atoms with Crippen molar-refractivity contribution in [2.75, 3.05) is 6.61 Å². The lowest BCUT2D eigenvalue weighted by molar-refractivity contribution is -0.128. The highest BCUT2D eigenvalue weighted by Gasteiger charge is 2.30. The molecule has 2 heteroatoms. The molecule has 1 heterocycles. The highest BCUT2D eigenvalue weighted by Crippen LogP contribution is 2.44. The molecule has 1 aromatic rings. The number of benzene rings is 1. The van der Waals surface area contributed by atoms with Gasteiger partial charge in [0.2, 0.25) is 0 Å². The van der Waals surface area contributed by atoms with E-state index in [-0.39, 0.29) is 6.10 Å². The van der Waals surface area contributed by atoms with Crippen molar-refractivity contribution in [3.63, 3.8) is 0 Å². The average Bonchev–Trinajstić information content (AvgIpc) is 3.13. The molecule has 2 nitrogen and oxygen atoms in total. The van der Waals surface area contributed by atoms with E-state index in [2.05, 4.69) is 18.2 Å². The molecule has 0 bridgehead atoms. The number of hydrogen-bond donors (Lipinski definition) is 0. The van der Waals surface area contributed by atoms with E-state index in [1.807, 2.05) is 6.07 Å². The van der Waals surface area contributed by atoms with Gasteiger partial charge in [0.05, 0.1) is 12.7 Å². The van der Waals surface area contributed by atoms with Crippen LogP contribution in [0.25, 0.3) is 0 Å². The molecule has 16 heavy (non-hydrogen) atoms. The maximum Gasteiger partial charge on any atom is 0.138 e. The fourth-order valence-electron chi connectivity index (χ4n) is 2.45. The molecule has 0 amide bonds. The lowest BCUT2D eigenvalue weighted by atomic mass is 9.94. The molecule has 84 valence electrons. The summed E-state index contributed by atoms with van der Waals surface area (Å²) in [6.07, 6.45) is 3.74. The van der Waals surface area contributed by atoms with Crippen molar-refractivity contribution in [2.24, 2.45) is 0 Å². The van der Waals surface area contributed by atoms with E-state index in [0.29, 0.717) is 25.2 Å². The van der Waals surface area contributed by atoms with Crippen LogP contribution in [0.2, 0.25) is 0 Å². The van der Waals surface area contributed by atoms with E-state index >= 15 is 0 Å². The van der Waals surface area contributed by atoms with Crippen LogP contribution in [0.5, 0.6) is 0 Å². The van der Waals surface area contributed by atoms with Crippen molar-refractivity contribution in [1.29, 1.82) is 0 Å².